The van der Waals surface area contributed by atoms with E-state index < -0.39 is 17.5 Å². The number of carbonyl (C=O) groups is 2. The van der Waals surface area contributed by atoms with E-state index in [9.17, 15) is 9.59 Å². The number of carbonyl (C=O) groups excluding carboxylic acids is 2. The number of nitrogens with two attached hydrogens (primary N) is 2. The van der Waals surface area contributed by atoms with E-state index in [0.717, 1.165) is 0 Å². The van der Waals surface area contributed by atoms with Gasteiger partial charge in [-0.05, 0) is 32.9 Å². The number of nitrogens with zero attached hydrogens (tertiary/aromatic N) is 1. The standard InChI is InChI=1S/C11H16N4O3/c1-11(2,3)18-10(17)7-5-4-6(8(12)16)9(14-7)15-13/h4-5H,13H2,1-3H3,(H2,12,16)(H,14,15). The van der Waals surface area contributed by atoms with Crippen molar-refractivity contribution in [1.82, 2.24) is 4.98 Å². The second-order valence-electron chi connectivity index (χ2n) is 4.60. The zero-order chi connectivity index (χ0) is 13.9. The highest BCUT2D eigenvalue weighted by atomic mass is 16.6. The van der Waals surface area contributed by atoms with Gasteiger partial charge in [0.15, 0.2) is 11.5 Å². The number of hydrazine groups is 1. The molecule has 5 N–H and O–H groups in total. The van der Waals surface area contributed by atoms with E-state index in [0.29, 0.717) is 0 Å². The highest BCUT2D eigenvalue weighted by Crippen LogP contribution is 2.15. The van der Waals surface area contributed by atoms with Crippen molar-refractivity contribution in [2.24, 2.45) is 11.6 Å². The summed E-state index contributed by atoms with van der Waals surface area (Å²) in [5, 5.41) is 0. The highest BCUT2D eigenvalue weighted by molar-refractivity contribution is 5.98. The molecule has 7 heteroatoms. The minimum absolute atomic E-state index is 0.0332. The van der Waals surface area contributed by atoms with Crippen LogP contribution in [-0.4, -0.2) is 22.5 Å². The van der Waals surface area contributed by atoms with E-state index in [1.54, 1.807) is 20.8 Å². The number of amides is 1. The van der Waals surface area contributed by atoms with Crippen molar-refractivity contribution in [3.63, 3.8) is 0 Å². The van der Waals surface area contributed by atoms with Gasteiger partial charge in [0.2, 0.25) is 0 Å². The summed E-state index contributed by atoms with van der Waals surface area (Å²) in [5.41, 5.74) is 6.86. The Morgan fingerprint density at radius 1 is 1.33 bits per heavy atom. The Bertz CT molecular complexity index is 480. The fourth-order valence-corrected chi connectivity index (χ4v) is 1.21. The average Bonchev–Trinajstić information content (AvgIpc) is 2.25. The number of nitrogen functional groups attached to an aromatic ring is 1. The molecule has 0 aliphatic heterocycles. The summed E-state index contributed by atoms with van der Waals surface area (Å²) in [6.07, 6.45) is 0. The zero-order valence-electron chi connectivity index (χ0n) is 10.5. The second-order valence-corrected chi connectivity index (χ2v) is 4.60. The van der Waals surface area contributed by atoms with Gasteiger partial charge in [-0.3, -0.25) is 4.79 Å². The number of rotatable bonds is 3. The quantitative estimate of drug-likeness (QED) is 0.407. The number of nitrogens with one attached hydrogen (secondary N) is 1. The van der Waals surface area contributed by atoms with Crippen LogP contribution in [-0.2, 0) is 4.74 Å². The van der Waals surface area contributed by atoms with Crippen LogP contribution in [0.2, 0.25) is 0 Å². The van der Waals surface area contributed by atoms with Crippen molar-refractivity contribution in [2.45, 2.75) is 26.4 Å². The molecule has 0 radical (unpaired) electrons. The SMILES string of the molecule is CC(C)(C)OC(=O)c1ccc(C(N)=O)c(NN)n1. The average molecular weight is 252 g/mol. The highest BCUT2D eigenvalue weighted by Gasteiger charge is 2.20. The van der Waals surface area contributed by atoms with Crippen molar-refractivity contribution in [3.05, 3.63) is 23.4 Å². The first kappa shape index (κ1) is 13.9. The van der Waals surface area contributed by atoms with Crippen LogP contribution in [0.5, 0.6) is 0 Å². The van der Waals surface area contributed by atoms with Crippen molar-refractivity contribution < 1.29 is 14.3 Å². The first-order valence-electron chi connectivity index (χ1n) is 5.25. The number of primary amides is 1. The summed E-state index contributed by atoms with van der Waals surface area (Å²) in [4.78, 5) is 26.7. The van der Waals surface area contributed by atoms with Crippen molar-refractivity contribution >= 4 is 17.7 Å². The van der Waals surface area contributed by atoms with Crippen molar-refractivity contribution in [3.8, 4) is 0 Å². The van der Waals surface area contributed by atoms with E-state index in [1.165, 1.54) is 12.1 Å². The van der Waals surface area contributed by atoms with Gasteiger partial charge in [0.05, 0.1) is 5.56 Å². The summed E-state index contributed by atoms with van der Waals surface area (Å²) < 4.78 is 5.14. The lowest BCUT2D eigenvalue weighted by molar-refractivity contribution is 0.00628. The molecule has 18 heavy (non-hydrogen) atoms. The maximum absolute atomic E-state index is 11.7. The fraction of sp³-hybridized carbons (Fsp3) is 0.364. The number of aromatic nitrogens is 1. The number of pyridine rings is 1. The fourth-order valence-electron chi connectivity index (χ4n) is 1.21. The molecular weight excluding hydrogens is 236 g/mol. The molecule has 0 saturated heterocycles. The van der Waals surface area contributed by atoms with Crippen molar-refractivity contribution in [1.29, 1.82) is 0 Å². The molecule has 0 unspecified atom stereocenters. The minimum Gasteiger partial charge on any atom is -0.455 e. The Labute approximate surface area is 104 Å². The van der Waals surface area contributed by atoms with Crippen LogP contribution >= 0.6 is 0 Å². The predicted octanol–water partition coefficient (Wildman–Crippen LogP) is 0.421. The molecule has 1 aromatic heterocycles. The molecule has 7 nitrogen and oxygen atoms in total. The Morgan fingerprint density at radius 2 is 1.94 bits per heavy atom. The molecule has 0 aliphatic carbocycles. The smallest absolute Gasteiger partial charge is 0.357 e. The van der Waals surface area contributed by atoms with Gasteiger partial charge in [0.25, 0.3) is 5.91 Å². The molecule has 0 atom stereocenters. The van der Waals surface area contributed by atoms with Gasteiger partial charge in [0, 0.05) is 0 Å². The van der Waals surface area contributed by atoms with Crippen LogP contribution in [0.15, 0.2) is 12.1 Å². The summed E-state index contributed by atoms with van der Waals surface area (Å²) >= 11 is 0. The molecule has 1 amide bonds. The lowest BCUT2D eigenvalue weighted by atomic mass is 10.2. The van der Waals surface area contributed by atoms with Crippen molar-refractivity contribution in [2.75, 3.05) is 5.43 Å². The third-order valence-corrected chi connectivity index (χ3v) is 1.91. The summed E-state index contributed by atoms with van der Waals surface area (Å²) in [7, 11) is 0. The van der Waals surface area contributed by atoms with Gasteiger partial charge in [0.1, 0.15) is 5.60 Å². The lowest BCUT2D eigenvalue weighted by Gasteiger charge is -2.19. The third-order valence-electron chi connectivity index (χ3n) is 1.91. The van der Waals surface area contributed by atoms with Gasteiger partial charge in [-0.1, -0.05) is 0 Å². The lowest BCUT2D eigenvalue weighted by Crippen LogP contribution is -2.25. The molecule has 1 heterocycles. The molecule has 0 saturated carbocycles. The van der Waals surface area contributed by atoms with Crippen LogP contribution in [0.3, 0.4) is 0 Å². The van der Waals surface area contributed by atoms with Crippen LogP contribution in [0, 0.1) is 0 Å². The largest absolute Gasteiger partial charge is 0.455 e. The Balaban J connectivity index is 3.06. The minimum atomic E-state index is -0.689. The van der Waals surface area contributed by atoms with Crippen LogP contribution in [0.25, 0.3) is 0 Å². The van der Waals surface area contributed by atoms with E-state index in [4.69, 9.17) is 16.3 Å². The number of anilines is 1. The first-order chi connectivity index (χ1) is 8.24. The Hall–Kier alpha value is -2.15. The maximum Gasteiger partial charge on any atom is 0.357 e. The Morgan fingerprint density at radius 3 is 2.39 bits per heavy atom. The van der Waals surface area contributed by atoms with E-state index in [1.807, 2.05) is 0 Å². The number of ether oxygens (including phenoxy) is 1. The maximum atomic E-state index is 11.7. The van der Waals surface area contributed by atoms with Gasteiger partial charge >= 0.3 is 5.97 Å². The molecule has 0 aliphatic rings. The van der Waals surface area contributed by atoms with Gasteiger partial charge in [-0.15, -0.1) is 0 Å². The van der Waals surface area contributed by atoms with Gasteiger partial charge in [-0.25, -0.2) is 15.6 Å². The first-order valence-corrected chi connectivity index (χ1v) is 5.25. The summed E-state index contributed by atoms with van der Waals surface area (Å²) in [5.74, 6) is 3.95. The normalized spacial score (nSPS) is 10.9. The third kappa shape index (κ3) is 3.42. The zero-order valence-corrected chi connectivity index (χ0v) is 10.5. The molecule has 1 rings (SSSR count). The molecule has 0 bridgehead atoms. The predicted molar refractivity (Wildman–Crippen MR) is 65.7 cm³/mol. The number of hydrogen-bond donors (Lipinski definition) is 3. The van der Waals surface area contributed by atoms with E-state index >= 15 is 0 Å². The molecule has 0 fully saturated rings. The summed E-state index contributed by atoms with van der Waals surface area (Å²) in [6.45, 7) is 5.22. The molecule has 98 valence electrons. The number of esters is 1. The van der Waals surface area contributed by atoms with Crippen LogP contribution in [0.1, 0.15) is 41.6 Å². The summed E-state index contributed by atoms with van der Waals surface area (Å²) in [6, 6.07) is 2.72. The monoisotopic (exact) mass is 252 g/mol. The van der Waals surface area contributed by atoms with E-state index in [-0.39, 0.29) is 17.1 Å². The molecule has 0 aromatic carbocycles. The van der Waals surface area contributed by atoms with Crippen LogP contribution < -0.4 is 17.0 Å². The topological polar surface area (TPSA) is 120 Å². The van der Waals surface area contributed by atoms with E-state index in [2.05, 4.69) is 10.4 Å². The van der Waals surface area contributed by atoms with Gasteiger partial charge < -0.3 is 15.9 Å². The second kappa shape index (κ2) is 5.01. The van der Waals surface area contributed by atoms with Gasteiger partial charge in [-0.2, -0.15) is 0 Å². The number of hydrogen-bond acceptors (Lipinski definition) is 6. The molecular formula is C11H16N4O3. The Kier molecular flexibility index (Phi) is 3.87. The molecule has 1 aromatic rings. The molecule has 0 spiro atoms. The van der Waals surface area contributed by atoms with Crippen LogP contribution in [0.4, 0.5) is 5.82 Å².